The van der Waals surface area contributed by atoms with Crippen LogP contribution in [0.15, 0.2) is 23.1 Å². The minimum Gasteiger partial charge on any atom is -0.480 e. The van der Waals surface area contributed by atoms with Gasteiger partial charge in [0.15, 0.2) is 0 Å². The molecule has 0 unspecified atom stereocenters. The SMILES string of the molecule is Cc1sc2ccc(Cl)cc2c1S(=O)(=O)N[C@H](C)C(=O)O. The van der Waals surface area contributed by atoms with E-state index in [1.807, 2.05) is 0 Å². The number of carbonyl (C=O) groups is 1. The van der Waals surface area contributed by atoms with Gasteiger partial charge in [0.2, 0.25) is 10.0 Å². The lowest BCUT2D eigenvalue weighted by Crippen LogP contribution is -2.38. The lowest BCUT2D eigenvalue weighted by Gasteiger charge is -2.10. The normalized spacial score (nSPS) is 13.6. The van der Waals surface area contributed by atoms with Crippen molar-refractivity contribution in [3.8, 4) is 0 Å². The number of aliphatic carboxylic acids is 1. The zero-order valence-corrected chi connectivity index (χ0v) is 13.1. The second-order valence-corrected chi connectivity index (χ2v) is 7.65. The maximum Gasteiger partial charge on any atom is 0.321 e. The maximum absolute atomic E-state index is 12.3. The standard InChI is InChI=1S/C12H12ClNO4S2/c1-6(12(15)16)14-20(17,18)11-7(2)19-10-4-3-8(13)5-9(10)11/h3-6,14H,1-2H3,(H,15,16)/t6-/m1/s1. The van der Waals surface area contributed by atoms with Crippen LogP contribution in [0.1, 0.15) is 11.8 Å². The highest BCUT2D eigenvalue weighted by Crippen LogP contribution is 2.35. The van der Waals surface area contributed by atoms with Gasteiger partial charge in [-0.1, -0.05) is 11.6 Å². The minimum atomic E-state index is -3.91. The van der Waals surface area contributed by atoms with E-state index >= 15 is 0 Å². The van der Waals surface area contributed by atoms with E-state index < -0.39 is 22.0 Å². The van der Waals surface area contributed by atoms with Crippen LogP contribution in [0.4, 0.5) is 0 Å². The van der Waals surface area contributed by atoms with Crippen LogP contribution in [-0.4, -0.2) is 25.5 Å². The number of hydrogen-bond donors (Lipinski definition) is 2. The highest BCUT2D eigenvalue weighted by atomic mass is 35.5. The molecular formula is C12H12ClNO4S2. The molecule has 0 radical (unpaired) electrons. The van der Waals surface area contributed by atoms with Crippen LogP contribution >= 0.6 is 22.9 Å². The summed E-state index contributed by atoms with van der Waals surface area (Å²) in [6.07, 6.45) is 0. The van der Waals surface area contributed by atoms with E-state index in [9.17, 15) is 13.2 Å². The van der Waals surface area contributed by atoms with Crippen LogP contribution in [0, 0.1) is 6.92 Å². The van der Waals surface area contributed by atoms with Crippen molar-refractivity contribution < 1.29 is 18.3 Å². The van der Waals surface area contributed by atoms with E-state index in [4.69, 9.17) is 16.7 Å². The van der Waals surface area contributed by atoms with Crippen LogP contribution in [0.2, 0.25) is 5.02 Å². The van der Waals surface area contributed by atoms with Crippen molar-refractivity contribution in [1.29, 1.82) is 0 Å². The Bertz CT molecular complexity index is 782. The summed E-state index contributed by atoms with van der Waals surface area (Å²) in [6, 6.07) is 3.80. The largest absolute Gasteiger partial charge is 0.480 e. The fraction of sp³-hybridized carbons (Fsp3) is 0.250. The molecule has 2 rings (SSSR count). The summed E-state index contributed by atoms with van der Waals surface area (Å²) in [6.45, 7) is 2.95. The number of nitrogens with one attached hydrogen (secondary N) is 1. The number of hydrogen-bond acceptors (Lipinski definition) is 4. The van der Waals surface area contributed by atoms with Gasteiger partial charge in [0.1, 0.15) is 10.9 Å². The smallest absolute Gasteiger partial charge is 0.321 e. The van der Waals surface area contributed by atoms with Crippen molar-refractivity contribution in [2.75, 3.05) is 0 Å². The molecule has 1 heterocycles. The predicted molar refractivity (Wildman–Crippen MR) is 79.0 cm³/mol. The molecule has 2 aromatic rings. The molecule has 1 aromatic carbocycles. The van der Waals surface area contributed by atoms with E-state index in [2.05, 4.69) is 4.72 Å². The van der Waals surface area contributed by atoms with Crippen molar-refractivity contribution in [1.82, 2.24) is 4.72 Å². The van der Waals surface area contributed by atoms with E-state index in [0.29, 0.717) is 15.3 Å². The Morgan fingerprint density at radius 2 is 2.10 bits per heavy atom. The van der Waals surface area contributed by atoms with Crippen LogP contribution in [0.3, 0.4) is 0 Å². The van der Waals surface area contributed by atoms with E-state index in [0.717, 1.165) is 4.70 Å². The Labute approximate surface area is 125 Å². The van der Waals surface area contributed by atoms with Crippen molar-refractivity contribution in [3.63, 3.8) is 0 Å². The van der Waals surface area contributed by atoms with Gasteiger partial charge in [0.05, 0.1) is 0 Å². The first-order chi connectivity index (χ1) is 9.22. The molecule has 2 N–H and O–H groups in total. The summed E-state index contributed by atoms with van der Waals surface area (Å²) in [5.41, 5.74) is 0. The topological polar surface area (TPSA) is 83.5 Å². The lowest BCUT2D eigenvalue weighted by molar-refractivity contribution is -0.138. The van der Waals surface area contributed by atoms with Gasteiger partial charge in [-0.25, -0.2) is 8.42 Å². The van der Waals surface area contributed by atoms with Crippen molar-refractivity contribution >= 4 is 49.0 Å². The fourth-order valence-corrected chi connectivity index (χ4v) is 5.00. The third kappa shape index (κ3) is 2.80. The average Bonchev–Trinajstić information content (AvgIpc) is 2.64. The van der Waals surface area contributed by atoms with E-state index in [-0.39, 0.29) is 4.90 Å². The van der Waals surface area contributed by atoms with Gasteiger partial charge in [-0.3, -0.25) is 4.79 Å². The number of thiophene rings is 1. The van der Waals surface area contributed by atoms with Crippen LogP contribution in [-0.2, 0) is 14.8 Å². The molecule has 0 aliphatic carbocycles. The molecule has 0 saturated heterocycles. The molecule has 0 aliphatic rings. The summed E-state index contributed by atoms with van der Waals surface area (Å²) < 4.78 is 27.6. The quantitative estimate of drug-likeness (QED) is 0.900. The van der Waals surface area contributed by atoms with Crippen LogP contribution in [0.5, 0.6) is 0 Å². The Kier molecular flexibility index (Phi) is 4.06. The number of carboxylic acid groups (broad SMARTS) is 1. The van der Waals surface area contributed by atoms with Gasteiger partial charge >= 0.3 is 5.97 Å². The summed E-state index contributed by atoms with van der Waals surface area (Å²) in [5, 5.41) is 9.76. The van der Waals surface area contributed by atoms with E-state index in [1.54, 1.807) is 25.1 Å². The Balaban J connectivity index is 2.59. The Morgan fingerprint density at radius 3 is 2.70 bits per heavy atom. The number of fused-ring (bicyclic) bond motifs is 1. The number of rotatable bonds is 4. The third-order valence-electron chi connectivity index (χ3n) is 2.74. The lowest BCUT2D eigenvalue weighted by atomic mass is 10.2. The number of halogens is 1. The summed E-state index contributed by atoms with van der Waals surface area (Å²) in [7, 11) is -3.91. The zero-order chi connectivity index (χ0) is 15.1. The van der Waals surface area contributed by atoms with Gasteiger partial charge < -0.3 is 5.11 Å². The van der Waals surface area contributed by atoms with Crippen molar-refractivity contribution in [3.05, 3.63) is 28.1 Å². The second-order valence-electron chi connectivity index (χ2n) is 4.31. The molecule has 1 atom stereocenters. The molecule has 20 heavy (non-hydrogen) atoms. The number of benzene rings is 1. The molecule has 8 heteroatoms. The predicted octanol–water partition coefficient (Wildman–Crippen LogP) is 2.61. The summed E-state index contributed by atoms with van der Waals surface area (Å²) in [4.78, 5) is 11.5. The monoisotopic (exact) mass is 333 g/mol. The zero-order valence-electron chi connectivity index (χ0n) is 10.7. The second kappa shape index (κ2) is 5.33. The molecule has 0 amide bonds. The van der Waals surface area contributed by atoms with Gasteiger partial charge in [0, 0.05) is 20.0 Å². The number of sulfonamides is 1. The molecule has 1 aromatic heterocycles. The molecule has 0 bridgehead atoms. The van der Waals surface area contributed by atoms with E-state index in [1.165, 1.54) is 18.3 Å². The Hall–Kier alpha value is -1.15. The molecule has 0 fully saturated rings. The molecule has 108 valence electrons. The molecule has 0 aliphatic heterocycles. The highest BCUT2D eigenvalue weighted by molar-refractivity contribution is 7.90. The fourth-order valence-electron chi connectivity index (χ4n) is 1.85. The first-order valence-corrected chi connectivity index (χ1v) is 8.34. The van der Waals surface area contributed by atoms with Crippen LogP contribution < -0.4 is 4.72 Å². The summed E-state index contributed by atoms with van der Waals surface area (Å²) >= 11 is 7.23. The summed E-state index contributed by atoms with van der Waals surface area (Å²) in [5.74, 6) is -1.23. The van der Waals surface area contributed by atoms with Gasteiger partial charge in [-0.2, -0.15) is 4.72 Å². The average molecular weight is 334 g/mol. The van der Waals surface area contributed by atoms with Crippen molar-refractivity contribution in [2.45, 2.75) is 24.8 Å². The van der Waals surface area contributed by atoms with Gasteiger partial charge in [0.25, 0.3) is 0 Å². The third-order valence-corrected chi connectivity index (χ3v) is 5.92. The molecule has 0 saturated carbocycles. The van der Waals surface area contributed by atoms with Gasteiger partial charge in [-0.15, -0.1) is 11.3 Å². The number of aryl methyl sites for hydroxylation is 1. The van der Waals surface area contributed by atoms with Gasteiger partial charge in [-0.05, 0) is 32.0 Å². The maximum atomic E-state index is 12.3. The Morgan fingerprint density at radius 1 is 1.45 bits per heavy atom. The highest BCUT2D eigenvalue weighted by Gasteiger charge is 2.26. The molecule has 5 nitrogen and oxygen atoms in total. The molecular weight excluding hydrogens is 322 g/mol. The van der Waals surface area contributed by atoms with Crippen molar-refractivity contribution in [2.24, 2.45) is 0 Å². The molecule has 0 spiro atoms. The van der Waals surface area contributed by atoms with Crippen LogP contribution in [0.25, 0.3) is 10.1 Å². The number of carboxylic acids is 1. The minimum absolute atomic E-state index is 0.0908. The first kappa shape index (κ1) is 15.2. The first-order valence-electron chi connectivity index (χ1n) is 5.66.